The van der Waals surface area contributed by atoms with Gasteiger partial charge in [0.2, 0.25) is 0 Å². The topological polar surface area (TPSA) is 29.9 Å². The molecule has 1 aromatic heterocycles. The number of imidazole rings is 1. The molecule has 3 nitrogen and oxygen atoms in total. The number of aromatic nitrogens is 2. The van der Waals surface area contributed by atoms with E-state index in [0.717, 1.165) is 25.0 Å². The van der Waals surface area contributed by atoms with E-state index in [-0.39, 0.29) is 0 Å². The van der Waals surface area contributed by atoms with Crippen molar-refractivity contribution in [1.29, 1.82) is 0 Å². The molecule has 0 bridgehead atoms. The van der Waals surface area contributed by atoms with E-state index in [2.05, 4.69) is 46.1 Å². The van der Waals surface area contributed by atoms with Crippen molar-refractivity contribution in [2.75, 3.05) is 0 Å². The molecule has 1 saturated carbocycles. The largest absolute Gasteiger partial charge is 0.331 e. The van der Waals surface area contributed by atoms with Gasteiger partial charge in [0.05, 0.1) is 0 Å². The maximum absolute atomic E-state index is 4.45. The second kappa shape index (κ2) is 4.94. The molecule has 0 saturated heterocycles. The van der Waals surface area contributed by atoms with Crippen molar-refractivity contribution in [1.82, 2.24) is 14.9 Å². The van der Waals surface area contributed by atoms with Gasteiger partial charge in [-0.1, -0.05) is 18.2 Å². The van der Waals surface area contributed by atoms with E-state index in [9.17, 15) is 0 Å². The first-order chi connectivity index (χ1) is 8.86. The molecule has 94 valence electrons. The molecule has 1 aliphatic rings. The van der Waals surface area contributed by atoms with Crippen molar-refractivity contribution in [2.45, 2.75) is 38.9 Å². The molecule has 3 rings (SSSR count). The van der Waals surface area contributed by atoms with E-state index in [4.69, 9.17) is 0 Å². The number of benzene rings is 1. The number of aryl methyl sites for hydroxylation is 1. The van der Waals surface area contributed by atoms with Crippen molar-refractivity contribution in [3.63, 3.8) is 0 Å². The molecule has 0 unspecified atom stereocenters. The van der Waals surface area contributed by atoms with Gasteiger partial charge in [-0.2, -0.15) is 0 Å². The van der Waals surface area contributed by atoms with E-state index in [0.29, 0.717) is 0 Å². The van der Waals surface area contributed by atoms with E-state index in [1.165, 1.54) is 24.0 Å². The predicted octanol–water partition coefficient (Wildman–Crippen LogP) is 2.82. The third kappa shape index (κ3) is 2.46. The Kier molecular flexibility index (Phi) is 3.15. The Hall–Kier alpha value is -1.61. The first kappa shape index (κ1) is 11.5. The Balaban J connectivity index is 1.80. The van der Waals surface area contributed by atoms with Crippen LogP contribution in [0.1, 0.15) is 25.3 Å². The highest BCUT2D eigenvalue weighted by Crippen LogP contribution is 2.21. The molecule has 0 spiro atoms. The molecule has 0 radical (unpaired) electrons. The third-order valence-electron chi connectivity index (χ3n) is 3.41. The Morgan fingerprint density at radius 1 is 1.39 bits per heavy atom. The summed E-state index contributed by atoms with van der Waals surface area (Å²) >= 11 is 0. The summed E-state index contributed by atoms with van der Waals surface area (Å²) in [6.07, 6.45) is 6.57. The molecular formula is C15H19N3. The Bertz CT molecular complexity index is 526. The normalized spacial score (nSPS) is 14.9. The van der Waals surface area contributed by atoms with Gasteiger partial charge < -0.3 is 9.88 Å². The van der Waals surface area contributed by atoms with Crippen LogP contribution in [-0.2, 0) is 13.1 Å². The van der Waals surface area contributed by atoms with Gasteiger partial charge >= 0.3 is 0 Å². The molecular weight excluding hydrogens is 222 g/mol. The van der Waals surface area contributed by atoms with Crippen LogP contribution < -0.4 is 5.32 Å². The van der Waals surface area contributed by atoms with Gasteiger partial charge in [-0.25, -0.2) is 4.98 Å². The highest BCUT2D eigenvalue weighted by molar-refractivity contribution is 5.56. The molecule has 0 amide bonds. The van der Waals surface area contributed by atoms with Gasteiger partial charge in [-0.05, 0) is 31.4 Å². The molecule has 1 N–H and O–H groups in total. The lowest BCUT2D eigenvalue weighted by molar-refractivity contribution is 0.688. The minimum absolute atomic E-state index is 0.756. The summed E-state index contributed by atoms with van der Waals surface area (Å²) in [5.74, 6) is 1.06. The molecule has 18 heavy (non-hydrogen) atoms. The molecule has 1 fully saturated rings. The van der Waals surface area contributed by atoms with Crippen LogP contribution in [0.5, 0.6) is 0 Å². The summed E-state index contributed by atoms with van der Waals surface area (Å²) in [7, 11) is 0. The second-order valence-electron chi connectivity index (χ2n) is 4.89. The SMILES string of the molecule is CCn1ccnc1-c1cccc(CNC2CC2)c1. The fraction of sp³-hybridized carbons (Fsp3) is 0.400. The molecule has 0 aliphatic heterocycles. The van der Waals surface area contributed by atoms with Crippen molar-refractivity contribution in [2.24, 2.45) is 0 Å². The van der Waals surface area contributed by atoms with Gasteiger partial charge in [0.1, 0.15) is 5.82 Å². The third-order valence-corrected chi connectivity index (χ3v) is 3.41. The fourth-order valence-electron chi connectivity index (χ4n) is 2.19. The highest BCUT2D eigenvalue weighted by atomic mass is 15.1. The Morgan fingerprint density at radius 3 is 3.06 bits per heavy atom. The summed E-state index contributed by atoms with van der Waals surface area (Å²) in [4.78, 5) is 4.45. The van der Waals surface area contributed by atoms with Gasteiger partial charge in [-0.15, -0.1) is 0 Å². The Morgan fingerprint density at radius 2 is 2.28 bits per heavy atom. The highest BCUT2D eigenvalue weighted by Gasteiger charge is 2.19. The van der Waals surface area contributed by atoms with Crippen LogP contribution >= 0.6 is 0 Å². The minimum atomic E-state index is 0.756. The lowest BCUT2D eigenvalue weighted by Crippen LogP contribution is -2.15. The first-order valence-corrected chi connectivity index (χ1v) is 6.70. The predicted molar refractivity (Wildman–Crippen MR) is 73.2 cm³/mol. The number of rotatable bonds is 5. The van der Waals surface area contributed by atoms with Crippen LogP contribution in [0.2, 0.25) is 0 Å². The number of nitrogens with one attached hydrogen (secondary N) is 1. The van der Waals surface area contributed by atoms with Gasteiger partial charge in [0.15, 0.2) is 0 Å². The van der Waals surface area contributed by atoms with Gasteiger partial charge in [0, 0.05) is 37.1 Å². The van der Waals surface area contributed by atoms with Gasteiger partial charge in [-0.3, -0.25) is 0 Å². The van der Waals surface area contributed by atoms with Crippen LogP contribution in [0.15, 0.2) is 36.7 Å². The van der Waals surface area contributed by atoms with E-state index in [1.807, 2.05) is 12.4 Å². The maximum Gasteiger partial charge on any atom is 0.139 e. The zero-order valence-corrected chi connectivity index (χ0v) is 10.8. The molecule has 3 heteroatoms. The lowest BCUT2D eigenvalue weighted by Gasteiger charge is -2.08. The van der Waals surface area contributed by atoms with Crippen LogP contribution in [0.25, 0.3) is 11.4 Å². The van der Waals surface area contributed by atoms with Crippen molar-refractivity contribution >= 4 is 0 Å². The molecule has 1 aliphatic carbocycles. The average Bonchev–Trinajstić information content (AvgIpc) is 3.12. The smallest absolute Gasteiger partial charge is 0.139 e. The molecule has 0 atom stereocenters. The second-order valence-corrected chi connectivity index (χ2v) is 4.89. The van der Waals surface area contributed by atoms with Crippen LogP contribution in [0, 0.1) is 0 Å². The summed E-state index contributed by atoms with van der Waals surface area (Å²) in [5.41, 5.74) is 2.54. The van der Waals surface area contributed by atoms with Crippen LogP contribution in [-0.4, -0.2) is 15.6 Å². The lowest BCUT2D eigenvalue weighted by atomic mass is 10.1. The summed E-state index contributed by atoms with van der Waals surface area (Å²) < 4.78 is 2.17. The quantitative estimate of drug-likeness (QED) is 0.872. The molecule has 1 aromatic carbocycles. The fourth-order valence-corrected chi connectivity index (χ4v) is 2.19. The molecule has 1 heterocycles. The summed E-state index contributed by atoms with van der Waals surface area (Å²) in [6.45, 7) is 4.06. The van der Waals surface area contributed by atoms with E-state index in [1.54, 1.807) is 0 Å². The zero-order chi connectivity index (χ0) is 12.4. The standard InChI is InChI=1S/C15H19N3/c1-2-18-9-8-16-15(18)13-5-3-4-12(10-13)11-17-14-6-7-14/h3-5,8-10,14,17H,2,6-7,11H2,1H3. The number of nitrogens with zero attached hydrogens (tertiary/aromatic N) is 2. The summed E-state index contributed by atoms with van der Waals surface area (Å²) in [5, 5.41) is 3.55. The summed E-state index contributed by atoms with van der Waals surface area (Å²) in [6, 6.07) is 9.43. The maximum atomic E-state index is 4.45. The van der Waals surface area contributed by atoms with Crippen molar-refractivity contribution in [3.05, 3.63) is 42.2 Å². The molecule has 2 aromatic rings. The van der Waals surface area contributed by atoms with Gasteiger partial charge in [0.25, 0.3) is 0 Å². The zero-order valence-electron chi connectivity index (χ0n) is 10.8. The monoisotopic (exact) mass is 241 g/mol. The minimum Gasteiger partial charge on any atom is -0.331 e. The van der Waals surface area contributed by atoms with Crippen molar-refractivity contribution in [3.8, 4) is 11.4 Å². The van der Waals surface area contributed by atoms with Crippen LogP contribution in [0.3, 0.4) is 0 Å². The van der Waals surface area contributed by atoms with E-state index >= 15 is 0 Å². The number of hydrogen-bond donors (Lipinski definition) is 1. The van der Waals surface area contributed by atoms with E-state index < -0.39 is 0 Å². The Labute approximate surface area is 108 Å². The average molecular weight is 241 g/mol. The first-order valence-electron chi connectivity index (χ1n) is 6.70. The van der Waals surface area contributed by atoms with Crippen molar-refractivity contribution < 1.29 is 0 Å². The van der Waals surface area contributed by atoms with Crippen LogP contribution in [0.4, 0.5) is 0 Å². The number of hydrogen-bond acceptors (Lipinski definition) is 2.